The molecule has 36 heavy (non-hydrogen) atoms. The molecular weight excluding hydrogens is 456 g/mol. The fraction of sp³-hybridized carbons (Fsp3) is 0.286. The van der Waals surface area contributed by atoms with Gasteiger partial charge in [0.15, 0.2) is 0 Å². The highest BCUT2D eigenvalue weighted by Crippen LogP contribution is 2.31. The number of hydrogen-bond acceptors (Lipinski definition) is 5. The van der Waals surface area contributed by atoms with Crippen molar-refractivity contribution in [2.24, 2.45) is 13.0 Å². The summed E-state index contributed by atoms with van der Waals surface area (Å²) in [6, 6.07) is 13.5. The molecule has 5 rings (SSSR count). The number of nitrogens with one attached hydrogen (secondary N) is 1. The summed E-state index contributed by atoms with van der Waals surface area (Å²) in [6.07, 6.45) is 4.08. The molecule has 0 unspecified atom stereocenters. The molecule has 1 aliphatic carbocycles. The van der Waals surface area contributed by atoms with E-state index >= 15 is 0 Å². The number of carboxylic acids is 1. The average Bonchev–Trinajstić information content (AvgIpc) is 3.67. The monoisotopic (exact) mass is 484 g/mol. The highest BCUT2D eigenvalue weighted by Gasteiger charge is 2.23. The Hall–Kier alpha value is -4.20. The van der Waals surface area contributed by atoms with Crippen LogP contribution in [0.15, 0.2) is 64.3 Å². The van der Waals surface area contributed by atoms with Gasteiger partial charge in [-0.3, -0.25) is 14.2 Å². The van der Waals surface area contributed by atoms with Gasteiger partial charge in [0.1, 0.15) is 5.82 Å². The van der Waals surface area contributed by atoms with E-state index < -0.39 is 5.97 Å². The van der Waals surface area contributed by atoms with Crippen LogP contribution in [0.1, 0.15) is 47.3 Å². The second-order valence-electron chi connectivity index (χ2n) is 9.62. The van der Waals surface area contributed by atoms with Crippen molar-refractivity contribution >= 4 is 22.6 Å². The van der Waals surface area contributed by atoms with Crippen molar-refractivity contribution in [1.82, 2.24) is 14.1 Å². The predicted molar refractivity (Wildman–Crippen MR) is 140 cm³/mol. The standard InChI is InChI=1S/C28H28N4O4/c1-16-12-21(17(2)29-23-7-5-4-6-20(23)28(35)36)25-22(13-16)27(34)31(3)26(30-25)19-10-11-32(24(33)14-19)15-18-8-9-18/h4-7,10-14,17-18,29H,8-9,15H2,1-3H3,(H,35,36)/t17-/m1/s1. The van der Waals surface area contributed by atoms with Gasteiger partial charge in [-0.05, 0) is 62.4 Å². The number of pyridine rings is 1. The molecule has 0 aliphatic heterocycles. The van der Waals surface area contributed by atoms with Gasteiger partial charge in [-0.2, -0.15) is 0 Å². The first-order valence-electron chi connectivity index (χ1n) is 12.0. The number of anilines is 1. The van der Waals surface area contributed by atoms with Crippen molar-refractivity contribution in [3.05, 3.63) is 92.1 Å². The van der Waals surface area contributed by atoms with E-state index in [0.717, 1.165) is 24.0 Å². The lowest BCUT2D eigenvalue weighted by Crippen LogP contribution is -2.24. The van der Waals surface area contributed by atoms with E-state index in [1.807, 2.05) is 32.0 Å². The van der Waals surface area contributed by atoms with Gasteiger partial charge in [0, 0.05) is 42.7 Å². The second kappa shape index (κ2) is 9.11. The molecule has 0 spiro atoms. The molecule has 4 aromatic rings. The van der Waals surface area contributed by atoms with E-state index in [9.17, 15) is 19.5 Å². The highest BCUT2D eigenvalue weighted by atomic mass is 16.4. The van der Waals surface area contributed by atoms with Crippen LogP contribution >= 0.6 is 0 Å². The fourth-order valence-corrected chi connectivity index (χ4v) is 4.62. The molecule has 8 heteroatoms. The summed E-state index contributed by atoms with van der Waals surface area (Å²) in [5, 5.41) is 13.3. The summed E-state index contributed by atoms with van der Waals surface area (Å²) in [4.78, 5) is 42.7. The molecule has 0 bridgehead atoms. The number of aryl methyl sites for hydroxylation is 1. The minimum atomic E-state index is -1.02. The molecule has 1 saturated carbocycles. The Balaban J connectivity index is 1.61. The van der Waals surface area contributed by atoms with Crippen LogP contribution in [0.3, 0.4) is 0 Å². The highest BCUT2D eigenvalue weighted by molar-refractivity contribution is 5.94. The number of nitrogens with zero attached hydrogens (tertiary/aromatic N) is 3. The van der Waals surface area contributed by atoms with E-state index in [0.29, 0.717) is 40.4 Å². The van der Waals surface area contributed by atoms with E-state index in [4.69, 9.17) is 4.98 Å². The molecule has 2 heterocycles. The topological polar surface area (TPSA) is 106 Å². The minimum Gasteiger partial charge on any atom is -0.478 e. The van der Waals surface area contributed by atoms with Gasteiger partial charge in [0.05, 0.1) is 22.5 Å². The van der Waals surface area contributed by atoms with Crippen LogP contribution in [0.4, 0.5) is 5.69 Å². The summed E-state index contributed by atoms with van der Waals surface area (Å²) < 4.78 is 3.18. The number of carboxylic acid groups (broad SMARTS) is 1. The SMILES string of the molecule is Cc1cc([C@@H](C)Nc2ccccc2C(=O)O)c2nc(-c3ccn(CC4CC4)c(=O)c3)n(C)c(=O)c2c1. The Morgan fingerprint density at radius 2 is 1.92 bits per heavy atom. The van der Waals surface area contributed by atoms with Gasteiger partial charge in [0.2, 0.25) is 0 Å². The van der Waals surface area contributed by atoms with Gasteiger partial charge < -0.3 is 15.0 Å². The smallest absolute Gasteiger partial charge is 0.337 e. The number of para-hydroxylation sites is 1. The van der Waals surface area contributed by atoms with Crippen LogP contribution in [-0.4, -0.2) is 25.2 Å². The van der Waals surface area contributed by atoms with E-state index in [2.05, 4.69) is 5.32 Å². The lowest BCUT2D eigenvalue weighted by Gasteiger charge is -2.20. The average molecular weight is 485 g/mol. The fourth-order valence-electron chi connectivity index (χ4n) is 4.62. The largest absolute Gasteiger partial charge is 0.478 e. The Morgan fingerprint density at radius 1 is 1.17 bits per heavy atom. The van der Waals surface area contributed by atoms with Crippen molar-refractivity contribution in [3.63, 3.8) is 0 Å². The summed E-state index contributed by atoms with van der Waals surface area (Å²) in [6.45, 7) is 4.53. The zero-order valence-electron chi connectivity index (χ0n) is 20.5. The van der Waals surface area contributed by atoms with Gasteiger partial charge in [0.25, 0.3) is 11.1 Å². The molecule has 0 saturated heterocycles. The lowest BCUT2D eigenvalue weighted by atomic mass is 10.00. The summed E-state index contributed by atoms with van der Waals surface area (Å²) >= 11 is 0. The van der Waals surface area contributed by atoms with Crippen LogP contribution < -0.4 is 16.4 Å². The maximum absolute atomic E-state index is 13.4. The van der Waals surface area contributed by atoms with E-state index in [-0.39, 0.29) is 22.7 Å². The van der Waals surface area contributed by atoms with Crippen molar-refractivity contribution < 1.29 is 9.90 Å². The van der Waals surface area contributed by atoms with E-state index in [1.54, 1.807) is 42.1 Å². The quantitative estimate of drug-likeness (QED) is 0.404. The van der Waals surface area contributed by atoms with Crippen molar-refractivity contribution in [2.45, 2.75) is 39.3 Å². The summed E-state index contributed by atoms with van der Waals surface area (Å²) in [5.41, 5.74) is 3.09. The number of aromatic carboxylic acids is 1. The Bertz CT molecular complexity index is 1610. The van der Waals surface area contributed by atoms with Gasteiger partial charge >= 0.3 is 5.97 Å². The van der Waals surface area contributed by atoms with Crippen LogP contribution in [0.2, 0.25) is 0 Å². The molecular formula is C28H28N4O4. The Kier molecular flexibility index (Phi) is 5.96. The second-order valence-corrected chi connectivity index (χ2v) is 9.62. The third-order valence-electron chi connectivity index (χ3n) is 6.76. The zero-order chi connectivity index (χ0) is 25.6. The predicted octanol–water partition coefficient (Wildman–Crippen LogP) is 4.35. The van der Waals surface area contributed by atoms with Gasteiger partial charge in [-0.15, -0.1) is 0 Å². The molecule has 184 valence electrons. The van der Waals surface area contributed by atoms with Gasteiger partial charge in [-0.1, -0.05) is 18.2 Å². The number of rotatable bonds is 7. The molecule has 0 radical (unpaired) electrons. The molecule has 0 amide bonds. The number of hydrogen-bond donors (Lipinski definition) is 2. The van der Waals surface area contributed by atoms with Crippen molar-refractivity contribution in [2.75, 3.05) is 5.32 Å². The van der Waals surface area contributed by atoms with Crippen LogP contribution in [0, 0.1) is 12.8 Å². The van der Waals surface area contributed by atoms with Crippen molar-refractivity contribution in [1.29, 1.82) is 0 Å². The number of fused-ring (bicyclic) bond motifs is 1. The third kappa shape index (κ3) is 4.42. The lowest BCUT2D eigenvalue weighted by molar-refractivity contribution is 0.0698. The van der Waals surface area contributed by atoms with E-state index in [1.165, 1.54) is 10.6 Å². The zero-order valence-corrected chi connectivity index (χ0v) is 20.5. The Labute approximate surface area is 207 Å². The number of benzene rings is 2. The molecule has 1 atom stereocenters. The molecule has 2 aromatic carbocycles. The van der Waals surface area contributed by atoms with Crippen LogP contribution in [0.25, 0.3) is 22.3 Å². The Morgan fingerprint density at radius 3 is 2.61 bits per heavy atom. The molecule has 8 nitrogen and oxygen atoms in total. The minimum absolute atomic E-state index is 0.113. The van der Waals surface area contributed by atoms with Crippen LogP contribution in [-0.2, 0) is 13.6 Å². The molecule has 1 fully saturated rings. The summed E-state index contributed by atoms with van der Waals surface area (Å²) in [5.74, 6) is -0.0424. The summed E-state index contributed by atoms with van der Waals surface area (Å²) in [7, 11) is 1.66. The molecule has 1 aliphatic rings. The molecule has 2 N–H and O–H groups in total. The maximum Gasteiger partial charge on any atom is 0.337 e. The normalized spacial score (nSPS) is 14.1. The maximum atomic E-state index is 13.4. The first-order chi connectivity index (χ1) is 17.2. The number of aromatic nitrogens is 3. The van der Waals surface area contributed by atoms with Crippen LogP contribution in [0.5, 0.6) is 0 Å². The third-order valence-corrected chi connectivity index (χ3v) is 6.76. The first kappa shape index (κ1) is 23.5. The first-order valence-corrected chi connectivity index (χ1v) is 12.0. The van der Waals surface area contributed by atoms with Crippen molar-refractivity contribution in [3.8, 4) is 11.4 Å². The molecule has 2 aromatic heterocycles. The number of carbonyl (C=O) groups is 1. The van der Waals surface area contributed by atoms with Gasteiger partial charge in [-0.25, -0.2) is 9.78 Å².